The zero-order chi connectivity index (χ0) is 14.7. The summed E-state index contributed by atoms with van der Waals surface area (Å²) in [5.74, 6) is 0.353. The van der Waals surface area contributed by atoms with Crippen LogP contribution in [0, 0.1) is 5.41 Å². The van der Waals surface area contributed by atoms with Crippen LogP contribution in [0.15, 0.2) is 30.3 Å². The summed E-state index contributed by atoms with van der Waals surface area (Å²) in [6.07, 6.45) is 4.49. The average molecular weight is 323 g/mol. The van der Waals surface area contributed by atoms with E-state index in [1.807, 2.05) is 18.2 Å². The Labute approximate surface area is 139 Å². The van der Waals surface area contributed by atoms with Crippen molar-refractivity contribution in [2.75, 3.05) is 26.2 Å². The summed E-state index contributed by atoms with van der Waals surface area (Å²) in [6.45, 7) is 6.27. The van der Waals surface area contributed by atoms with Crippen molar-refractivity contribution in [3.63, 3.8) is 0 Å². The summed E-state index contributed by atoms with van der Waals surface area (Å²) in [7, 11) is 0. The lowest BCUT2D eigenvalue weighted by molar-refractivity contribution is -0.135. The molecule has 22 heavy (non-hydrogen) atoms. The van der Waals surface area contributed by atoms with E-state index in [0.29, 0.717) is 11.3 Å². The first-order valence-electron chi connectivity index (χ1n) is 8.28. The number of halogens is 1. The number of hydrogen-bond acceptors (Lipinski definition) is 2. The van der Waals surface area contributed by atoms with E-state index in [0.717, 1.165) is 51.0 Å². The van der Waals surface area contributed by atoms with Crippen LogP contribution in [0.25, 0.3) is 0 Å². The SMILES string of the molecule is CCC(C(=O)N1CCC2(CCNC2)CC1)c1ccccc1.Cl. The molecule has 1 aromatic carbocycles. The van der Waals surface area contributed by atoms with Gasteiger partial charge in [0.25, 0.3) is 0 Å². The molecule has 1 spiro atoms. The van der Waals surface area contributed by atoms with Gasteiger partial charge in [-0.3, -0.25) is 4.79 Å². The van der Waals surface area contributed by atoms with Crippen molar-refractivity contribution in [3.8, 4) is 0 Å². The zero-order valence-electron chi connectivity index (χ0n) is 13.4. The number of hydrogen-bond donors (Lipinski definition) is 1. The fourth-order valence-electron chi connectivity index (χ4n) is 3.88. The van der Waals surface area contributed by atoms with Crippen LogP contribution in [0.5, 0.6) is 0 Å². The summed E-state index contributed by atoms with van der Waals surface area (Å²) in [5, 5.41) is 3.48. The summed E-state index contributed by atoms with van der Waals surface area (Å²) in [6, 6.07) is 10.2. The molecule has 1 N–H and O–H groups in total. The topological polar surface area (TPSA) is 32.3 Å². The minimum Gasteiger partial charge on any atom is -0.342 e. The normalized spacial score (nSPS) is 21.4. The van der Waals surface area contributed by atoms with Crippen molar-refractivity contribution in [2.45, 2.75) is 38.5 Å². The van der Waals surface area contributed by atoms with Gasteiger partial charge in [-0.2, -0.15) is 0 Å². The Kier molecular flexibility index (Phi) is 5.87. The lowest BCUT2D eigenvalue weighted by Crippen LogP contribution is -2.45. The predicted octanol–water partition coefficient (Wildman–Crippen LogP) is 3.20. The van der Waals surface area contributed by atoms with Gasteiger partial charge in [-0.1, -0.05) is 37.3 Å². The monoisotopic (exact) mass is 322 g/mol. The minimum absolute atomic E-state index is 0. The molecular formula is C18H27ClN2O. The highest BCUT2D eigenvalue weighted by molar-refractivity contribution is 5.85. The highest BCUT2D eigenvalue weighted by Gasteiger charge is 2.39. The molecule has 2 heterocycles. The first kappa shape index (κ1) is 17.3. The first-order valence-corrected chi connectivity index (χ1v) is 8.28. The van der Waals surface area contributed by atoms with Crippen molar-refractivity contribution in [2.24, 2.45) is 5.41 Å². The fraction of sp³-hybridized carbons (Fsp3) is 0.611. The Morgan fingerprint density at radius 3 is 2.45 bits per heavy atom. The lowest BCUT2D eigenvalue weighted by Gasteiger charge is -2.40. The van der Waals surface area contributed by atoms with Gasteiger partial charge in [-0.15, -0.1) is 12.4 Å². The van der Waals surface area contributed by atoms with E-state index >= 15 is 0 Å². The molecular weight excluding hydrogens is 296 g/mol. The standard InChI is InChI=1S/C18H26N2O.ClH/c1-2-16(15-6-4-3-5-7-15)17(21)20-12-9-18(10-13-20)8-11-19-14-18;/h3-7,16,19H,2,8-14H2,1H3;1H. The molecule has 1 amide bonds. The third-order valence-electron chi connectivity index (χ3n) is 5.38. The maximum atomic E-state index is 12.8. The molecule has 1 unspecified atom stereocenters. The molecule has 1 aromatic rings. The molecule has 0 radical (unpaired) electrons. The van der Waals surface area contributed by atoms with E-state index < -0.39 is 0 Å². The molecule has 0 bridgehead atoms. The molecule has 122 valence electrons. The van der Waals surface area contributed by atoms with Crippen LogP contribution in [-0.4, -0.2) is 37.0 Å². The molecule has 2 aliphatic heterocycles. The number of benzene rings is 1. The Morgan fingerprint density at radius 1 is 1.23 bits per heavy atom. The van der Waals surface area contributed by atoms with Crippen LogP contribution in [0.3, 0.4) is 0 Å². The zero-order valence-corrected chi connectivity index (χ0v) is 14.2. The van der Waals surface area contributed by atoms with Crippen LogP contribution < -0.4 is 5.32 Å². The number of carbonyl (C=O) groups is 1. The molecule has 0 saturated carbocycles. The van der Waals surface area contributed by atoms with Crippen molar-refractivity contribution < 1.29 is 4.79 Å². The van der Waals surface area contributed by atoms with Gasteiger partial charge in [-0.25, -0.2) is 0 Å². The quantitative estimate of drug-likeness (QED) is 0.927. The van der Waals surface area contributed by atoms with E-state index in [9.17, 15) is 4.79 Å². The van der Waals surface area contributed by atoms with Gasteiger partial charge in [0.05, 0.1) is 5.92 Å². The molecule has 3 rings (SSSR count). The van der Waals surface area contributed by atoms with Crippen molar-refractivity contribution in [1.82, 2.24) is 10.2 Å². The van der Waals surface area contributed by atoms with Gasteiger partial charge in [0, 0.05) is 19.6 Å². The summed E-state index contributed by atoms with van der Waals surface area (Å²) < 4.78 is 0. The molecule has 2 fully saturated rings. The van der Waals surface area contributed by atoms with Crippen molar-refractivity contribution in [3.05, 3.63) is 35.9 Å². The van der Waals surface area contributed by atoms with E-state index in [4.69, 9.17) is 0 Å². The summed E-state index contributed by atoms with van der Waals surface area (Å²) >= 11 is 0. The van der Waals surface area contributed by atoms with E-state index in [1.54, 1.807) is 0 Å². The predicted molar refractivity (Wildman–Crippen MR) is 92.5 cm³/mol. The van der Waals surface area contributed by atoms with Gasteiger partial charge in [0.2, 0.25) is 5.91 Å². The lowest BCUT2D eigenvalue weighted by atomic mass is 9.77. The number of piperidine rings is 1. The van der Waals surface area contributed by atoms with Gasteiger partial charge >= 0.3 is 0 Å². The number of carbonyl (C=O) groups excluding carboxylic acids is 1. The Bertz CT molecular complexity index is 475. The number of likely N-dealkylation sites (tertiary alicyclic amines) is 1. The van der Waals surface area contributed by atoms with Gasteiger partial charge in [0.15, 0.2) is 0 Å². The maximum absolute atomic E-state index is 12.8. The van der Waals surface area contributed by atoms with Crippen LogP contribution in [0.1, 0.15) is 44.1 Å². The first-order chi connectivity index (χ1) is 10.2. The number of nitrogens with zero attached hydrogens (tertiary/aromatic N) is 1. The van der Waals surface area contributed by atoms with Gasteiger partial charge in [-0.05, 0) is 43.2 Å². The number of nitrogens with one attached hydrogen (secondary N) is 1. The second kappa shape index (κ2) is 7.47. The second-order valence-electron chi connectivity index (χ2n) is 6.62. The Hall–Kier alpha value is -1.06. The largest absolute Gasteiger partial charge is 0.342 e. The van der Waals surface area contributed by atoms with Crippen LogP contribution in [0.2, 0.25) is 0 Å². The molecule has 2 saturated heterocycles. The molecule has 3 nitrogen and oxygen atoms in total. The van der Waals surface area contributed by atoms with E-state index in [1.165, 1.54) is 6.42 Å². The smallest absolute Gasteiger partial charge is 0.230 e. The van der Waals surface area contributed by atoms with Crippen LogP contribution in [-0.2, 0) is 4.79 Å². The second-order valence-corrected chi connectivity index (χ2v) is 6.62. The third kappa shape index (κ3) is 3.47. The third-order valence-corrected chi connectivity index (χ3v) is 5.38. The van der Waals surface area contributed by atoms with Gasteiger partial charge < -0.3 is 10.2 Å². The average Bonchev–Trinajstić information content (AvgIpc) is 2.98. The number of amides is 1. The Balaban J connectivity index is 0.00000176. The minimum atomic E-state index is 0. The highest BCUT2D eigenvalue weighted by Crippen LogP contribution is 2.37. The van der Waals surface area contributed by atoms with Crippen molar-refractivity contribution >= 4 is 18.3 Å². The molecule has 2 aliphatic rings. The maximum Gasteiger partial charge on any atom is 0.230 e. The number of rotatable bonds is 3. The van der Waals surface area contributed by atoms with E-state index in [2.05, 4.69) is 29.3 Å². The van der Waals surface area contributed by atoms with Crippen LogP contribution >= 0.6 is 12.4 Å². The molecule has 0 aliphatic carbocycles. The van der Waals surface area contributed by atoms with Gasteiger partial charge in [0.1, 0.15) is 0 Å². The fourth-order valence-corrected chi connectivity index (χ4v) is 3.88. The van der Waals surface area contributed by atoms with E-state index in [-0.39, 0.29) is 18.3 Å². The highest BCUT2D eigenvalue weighted by atomic mass is 35.5. The molecule has 4 heteroatoms. The summed E-state index contributed by atoms with van der Waals surface area (Å²) in [5.41, 5.74) is 1.64. The Morgan fingerprint density at radius 2 is 1.91 bits per heavy atom. The molecule has 0 aromatic heterocycles. The molecule has 1 atom stereocenters. The van der Waals surface area contributed by atoms with Crippen molar-refractivity contribution in [1.29, 1.82) is 0 Å². The summed E-state index contributed by atoms with van der Waals surface area (Å²) in [4.78, 5) is 14.9. The van der Waals surface area contributed by atoms with Crippen LogP contribution in [0.4, 0.5) is 0 Å².